The molecule has 124 valence electrons. The highest BCUT2D eigenvalue weighted by Crippen LogP contribution is 2.16. The molecule has 0 saturated carbocycles. The molecule has 0 radical (unpaired) electrons. The second-order valence-corrected chi connectivity index (χ2v) is 5.87. The van der Waals surface area contributed by atoms with E-state index in [9.17, 15) is 14.4 Å². The lowest BCUT2D eigenvalue weighted by Gasteiger charge is -2.13. The Morgan fingerprint density at radius 1 is 1.39 bits per heavy atom. The summed E-state index contributed by atoms with van der Waals surface area (Å²) in [7, 11) is 1.57. The van der Waals surface area contributed by atoms with Crippen LogP contribution in [0.1, 0.15) is 5.56 Å². The number of esters is 1. The van der Waals surface area contributed by atoms with Crippen LogP contribution in [0.4, 0.5) is 4.79 Å². The Bertz CT molecular complexity index is 593. The lowest BCUT2D eigenvalue weighted by Crippen LogP contribution is -2.34. The summed E-state index contributed by atoms with van der Waals surface area (Å²) in [4.78, 5) is 36.0. The van der Waals surface area contributed by atoms with E-state index < -0.39 is 11.9 Å². The van der Waals surface area contributed by atoms with Crippen molar-refractivity contribution in [1.82, 2.24) is 10.2 Å². The van der Waals surface area contributed by atoms with Crippen LogP contribution in [0.2, 0.25) is 0 Å². The van der Waals surface area contributed by atoms with Crippen molar-refractivity contribution in [2.24, 2.45) is 0 Å². The highest BCUT2D eigenvalue weighted by Gasteiger charge is 2.24. The molecule has 1 heterocycles. The van der Waals surface area contributed by atoms with Gasteiger partial charge in [0.2, 0.25) is 0 Å². The summed E-state index contributed by atoms with van der Waals surface area (Å²) in [6.45, 7) is 0.364. The van der Waals surface area contributed by atoms with Crippen LogP contribution in [0.5, 0.6) is 5.75 Å². The molecule has 1 aromatic rings. The van der Waals surface area contributed by atoms with Gasteiger partial charge in [-0.25, -0.2) is 0 Å². The van der Waals surface area contributed by atoms with E-state index >= 15 is 0 Å². The first-order chi connectivity index (χ1) is 11.1. The summed E-state index contributed by atoms with van der Waals surface area (Å²) in [5.74, 6) is 0.393. The maximum absolute atomic E-state index is 11.7. The maximum Gasteiger partial charge on any atom is 0.326 e. The van der Waals surface area contributed by atoms with Crippen molar-refractivity contribution in [3.8, 4) is 5.75 Å². The molecule has 0 aromatic heterocycles. The monoisotopic (exact) mass is 338 g/mol. The second kappa shape index (κ2) is 8.42. The van der Waals surface area contributed by atoms with Gasteiger partial charge in [-0.05, 0) is 17.7 Å². The number of amides is 2. The van der Waals surface area contributed by atoms with Gasteiger partial charge < -0.3 is 19.7 Å². The first-order valence-corrected chi connectivity index (χ1v) is 8.04. The third kappa shape index (κ3) is 5.48. The number of ether oxygens (including phenoxy) is 2. The number of carbonyl (C=O) groups excluding carboxylic acids is 3. The Hall–Kier alpha value is -2.22. The summed E-state index contributed by atoms with van der Waals surface area (Å²) in [6.07, 6.45) is 0. The van der Waals surface area contributed by atoms with E-state index in [1.165, 1.54) is 16.7 Å². The van der Waals surface area contributed by atoms with Gasteiger partial charge in [-0.1, -0.05) is 23.9 Å². The quantitative estimate of drug-likeness (QED) is 0.747. The van der Waals surface area contributed by atoms with E-state index in [2.05, 4.69) is 5.32 Å². The van der Waals surface area contributed by atoms with Crippen molar-refractivity contribution in [2.45, 2.75) is 6.54 Å². The molecule has 0 bridgehead atoms. The Morgan fingerprint density at radius 3 is 2.91 bits per heavy atom. The molecule has 1 aliphatic rings. The fourth-order valence-corrected chi connectivity index (χ4v) is 2.78. The number of hydrogen-bond acceptors (Lipinski definition) is 6. The van der Waals surface area contributed by atoms with E-state index in [0.29, 0.717) is 24.6 Å². The number of methoxy groups -OCH3 is 1. The van der Waals surface area contributed by atoms with Gasteiger partial charge in [0.05, 0.1) is 7.11 Å². The lowest BCUT2D eigenvalue weighted by atomic mass is 10.2. The van der Waals surface area contributed by atoms with Gasteiger partial charge in [-0.3, -0.25) is 14.4 Å². The minimum atomic E-state index is -0.586. The van der Waals surface area contributed by atoms with Gasteiger partial charge in [0.15, 0.2) is 6.61 Å². The number of hydrogen-bond donors (Lipinski definition) is 1. The van der Waals surface area contributed by atoms with E-state index in [1.807, 2.05) is 24.3 Å². The van der Waals surface area contributed by atoms with Crippen LogP contribution in [0.3, 0.4) is 0 Å². The number of benzene rings is 1. The third-order valence-electron chi connectivity index (χ3n) is 3.15. The first kappa shape index (κ1) is 17.1. The molecule has 2 rings (SSSR count). The van der Waals surface area contributed by atoms with Crippen molar-refractivity contribution in [3.63, 3.8) is 0 Å². The van der Waals surface area contributed by atoms with Crippen LogP contribution in [-0.4, -0.2) is 54.6 Å². The van der Waals surface area contributed by atoms with E-state index in [4.69, 9.17) is 9.47 Å². The average molecular weight is 338 g/mol. The highest BCUT2D eigenvalue weighted by molar-refractivity contribution is 8.13. The molecule has 1 fully saturated rings. The third-order valence-corrected chi connectivity index (χ3v) is 4.04. The zero-order valence-corrected chi connectivity index (χ0v) is 13.6. The van der Waals surface area contributed by atoms with Gasteiger partial charge in [0, 0.05) is 18.8 Å². The molecule has 0 unspecified atom stereocenters. The standard InChI is InChI=1S/C15H18N2O5S/c1-21-12-4-2-3-11(7-12)8-16-13(18)10-22-14(19)9-17-5-6-23-15(17)20/h2-4,7H,5-6,8-10H2,1H3,(H,16,18). The Morgan fingerprint density at radius 2 is 2.22 bits per heavy atom. The van der Waals surface area contributed by atoms with Crippen molar-refractivity contribution in [3.05, 3.63) is 29.8 Å². The molecule has 8 heteroatoms. The lowest BCUT2D eigenvalue weighted by molar-refractivity contribution is -0.148. The van der Waals surface area contributed by atoms with Crippen LogP contribution in [-0.2, 0) is 20.9 Å². The predicted octanol–water partition coefficient (Wildman–Crippen LogP) is 1.02. The number of carbonyl (C=O) groups is 3. The molecule has 0 atom stereocenters. The van der Waals surface area contributed by atoms with Crippen LogP contribution in [0.15, 0.2) is 24.3 Å². The SMILES string of the molecule is COc1cccc(CNC(=O)COC(=O)CN2CCSC2=O)c1. The zero-order valence-electron chi connectivity index (χ0n) is 12.7. The van der Waals surface area contributed by atoms with E-state index in [1.54, 1.807) is 7.11 Å². The van der Waals surface area contributed by atoms with Crippen molar-refractivity contribution < 1.29 is 23.9 Å². The first-order valence-electron chi connectivity index (χ1n) is 7.05. The topological polar surface area (TPSA) is 84.9 Å². The van der Waals surface area contributed by atoms with E-state index in [0.717, 1.165) is 5.56 Å². The molecule has 1 N–H and O–H groups in total. The van der Waals surface area contributed by atoms with Crippen LogP contribution < -0.4 is 10.1 Å². The van der Waals surface area contributed by atoms with Crippen molar-refractivity contribution >= 4 is 28.9 Å². The molecule has 7 nitrogen and oxygen atoms in total. The molecule has 0 aliphatic carbocycles. The normalized spacial score (nSPS) is 13.8. The molecule has 23 heavy (non-hydrogen) atoms. The Balaban J connectivity index is 1.68. The van der Waals surface area contributed by atoms with Crippen LogP contribution in [0, 0.1) is 0 Å². The van der Waals surface area contributed by atoms with Gasteiger partial charge in [-0.15, -0.1) is 0 Å². The fourth-order valence-electron chi connectivity index (χ4n) is 1.95. The minimum absolute atomic E-state index is 0.116. The molecular weight excluding hydrogens is 320 g/mol. The molecule has 1 aliphatic heterocycles. The molecular formula is C15H18N2O5S. The number of rotatable bonds is 7. The molecule has 1 aromatic carbocycles. The van der Waals surface area contributed by atoms with Gasteiger partial charge >= 0.3 is 5.97 Å². The Kier molecular flexibility index (Phi) is 6.28. The number of thioether (sulfide) groups is 1. The molecule has 2 amide bonds. The molecule has 1 saturated heterocycles. The van der Waals surface area contributed by atoms with Crippen molar-refractivity contribution in [2.75, 3.05) is 32.6 Å². The number of nitrogens with zero attached hydrogens (tertiary/aromatic N) is 1. The summed E-state index contributed by atoms with van der Waals surface area (Å²) >= 11 is 1.17. The predicted molar refractivity (Wildman–Crippen MR) is 85.2 cm³/mol. The maximum atomic E-state index is 11.7. The minimum Gasteiger partial charge on any atom is -0.497 e. The van der Waals surface area contributed by atoms with Crippen molar-refractivity contribution in [1.29, 1.82) is 0 Å². The average Bonchev–Trinajstić information content (AvgIpc) is 2.96. The van der Waals surface area contributed by atoms with Crippen LogP contribution in [0.25, 0.3) is 0 Å². The largest absolute Gasteiger partial charge is 0.497 e. The fraction of sp³-hybridized carbons (Fsp3) is 0.400. The van der Waals surface area contributed by atoms with Gasteiger partial charge in [0.1, 0.15) is 12.3 Å². The summed E-state index contributed by atoms with van der Waals surface area (Å²) < 4.78 is 9.97. The van der Waals surface area contributed by atoms with E-state index in [-0.39, 0.29) is 18.4 Å². The smallest absolute Gasteiger partial charge is 0.326 e. The van der Waals surface area contributed by atoms with Gasteiger partial charge in [0.25, 0.3) is 11.1 Å². The van der Waals surface area contributed by atoms with Gasteiger partial charge in [-0.2, -0.15) is 0 Å². The summed E-state index contributed by atoms with van der Waals surface area (Å²) in [5.41, 5.74) is 0.878. The second-order valence-electron chi connectivity index (χ2n) is 4.82. The summed E-state index contributed by atoms with van der Waals surface area (Å²) in [5, 5.41) is 2.52. The highest BCUT2D eigenvalue weighted by atomic mass is 32.2. The van der Waals surface area contributed by atoms with Crippen LogP contribution >= 0.6 is 11.8 Å². The summed E-state index contributed by atoms with van der Waals surface area (Å²) in [6, 6.07) is 7.30. The Labute approximate surface area is 138 Å². The molecule has 0 spiro atoms. The number of nitrogens with one attached hydrogen (secondary N) is 1. The zero-order chi connectivity index (χ0) is 16.7.